The first-order valence-corrected chi connectivity index (χ1v) is 11.5. The van der Waals surface area contributed by atoms with Crippen LogP contribution < -0.4 is 0 Å². The fraction of sp³-hybridized carbons (Fsp3) is 0.737. The molecule has 146 valence electrons. The molecule has 7 heteroatoms. The van der Waals surface area contributed by atoms with Gasteiger partial charge >= 0.3 is 0 Å². The van der Waals surface area contributed by atoms with Gasteiger partial charge in [-0.05, 0) is 27.2 Å². The fourth-order valence-corrected chi connectivity index (χ4v) is 6.16. The van der Waals surface area contributed by atoms with Crippen LogP contribution in [0.2, 0.25) is 0 Å². The maximum atomic E-state index is 12.3. The zero-order chi connectivity index (χ0) is 18.9. The summed E-state index contributed by atoms with van der Waals surface area (Å²) in [5.41, 5.74) is 3.71. The summed E-state index contributed by atoms with van der Waals surface area (Å²) in [6, 6.07) is 0.198. The van der Waals surface area contributed by atoms with Crippen LogP contribution in [0.1, 0.15) is 38.4 Å². The van der Waals surface area contributed by atoms with Crippen molar-refractivity contribution in [3.8, 4) is 0 Å². The number of fused-ring (bicyclic) bond motifs is 1. The van der Waals surface area contributed by atoms with Crippen molar-refractivity contribution in [2.75, 3.05) is 31.1 Å². The molecule has 2 atom stereocenters. The second kappa shape index (κ2) is 7.82. The quantitative estimate of drug-likeness (QED) is 0.705. The monoisotopic (exact) mass is 380 g/mol. The molecule has 2 unspecified atom stereocenters. The highest BCUT2D eigenvalue weighted by atomic mass is 32.2. The lowest BCUT2D eigenvalue weighted by Gasteiger charge is -2.43. The summed E-state index contributed by atoms with van der Waals surface area (Å²) >= 11 is 0. The summed E-state index contributed by atoms with van der Waals surface area (Å²) in [5.74, 6) is 0.573. The second-order valence-corrected chi connectivity index (χ2v) is 10.1. The van der Waals surface area contributed by atoms with E-state index in [1.165, 1.54) is 16.8 Å². The number of aryl methyl sites for hydroxylation is 1. The SMILES string of the molecule is CCCn1ncc(CN2CCN(CC=C(C)C)C3CS(=O)(=O)CC32)c1C. The molecule has 2 aliphatic rings. The Balaban J connectivity index is 1.76. The Morgan fingerprint density at radius 3 is 2.54 bits per heavy atom. The van der Waals surface area contributed by atoms with E-state index in [9.17, 15) is 8.42 Å². The Morgan fingerprint density at radius 1 is 1.23 bits per heavy atom. The molecule has 3 rings (SSSR count). The van der Waals surface area contributed by atoms with Crippen LogP contribution in [0.3, 0.4) is 0 Å². The van der Waals surface area contributed by atoms with Crippen molar-refractivity contribution in [2.45, 2.75) is 59.3 Å². The van der Waals surface area contributed by atoms with Gasteiger partial charge in [0.15, 0.2) is 9.84 Å². The van der Waals surface area contributed by atoms with Gasteiger partial charge in [0.1, 0.15) is 0 Å². The van der Waals surface area contributed by atoms with Crippen LogP contribution in [0.5, 0.6) is 0 Å². The molecule has 2 aliphatic heterocycles. The molecule has 1 aromatic rings. The van der Waals surface area contributed by atoms with Gasteiger partial charge < -0.3 is 0 Å². The average molecular weight is 381 g/mol. The first kappa shape index (κ1) is 19.6. The molecule has 2 saturated heterocycles. The average Bonchev–Trinajstić information content (AvgIpc) is 3.07. The Hall–Kier alpha value is -1.18. The van der Waals surface area contributed by atoms with Gasteiger partial charge in [0.2, 0.25) is 0 Å². The number of rotatable bonds is 6. The Kier molecular flexibility index (Phi) is 5.89. The Bertz CT molecular complexity index is 765. The molecule has 0 amide bonds. The fourth-order valence-electron chi connectivity index (χ4n) is 4.12. The van der Waals surface area contributed by atoms with Gasteiger partial charge in [-0.3, -0.25) is 14.5 Å². The van der Waals surface area contributed by atoms with Gasteiger partial charge in [-0.2, -0.15) is 5.10 Å². The minimum absolute atomic E-state index is 0.0910. The lowest BCUT2D eigenvalue weighted by molar-refractivity contribution is 0.0476. The summed E-state index contributed by atoms with van der Waals surface area (Å²) < 4.78 is 26.8. The molecule has 1 aromatic heterocycles. The van der Waals surface area contributed by atoms with E-state index in [0.717, 1.165) is 39.1 Å². The van der Waals surface area contributed by atoms with Crippen molar-refractivity contribution in [1.82, 2.24) is 19.6 Å². The third-order valence-corrected chi connectivity index (χ3v) is 7.35. The number of sulfone groups is 1. The lowest BCUT2D eigenvalue weighted by atomic mass is 10.0. The first-order chi connectivity index (χ1) is 12.3. The van der Waals surface area contributed by atoms with Gasteiger partial charge in [-0.25, -0.2) is 8.42 Å². The predicted octanol–water partition coefficient (Wildman–Crippen LogP) is 1.85. The van der Waals surface area contributed by atoms with Crippen LogP contribution in [-0.2, 0) is 22.9 Å². The van der Waals surface area contributed by atoms with Crippen molar-refractivity contribution in [3.05, 3.63) is 29.1 Å². The normalized spacial score (nSPS) is 26.0. The van der Waals surface area contributed by atoms with Gasteiger partial charge in [0.05, 0.1) is 17.7 Å². The molecule has 3 heterocycles. The zero-order valence-electron chi connectivity index (χ0n) is 16.5. The molecule has 0 spiro atoms. The van der Waals surface area contributed by atoms with E-state index in [1.54, 1.807) is 0 Å². The van der Waals surface area contributed by atoms with Gasteiger partial charge in [-0.1, -0.05) is 18.6 Å². The van der Waals surface area contributed by atoms with Crippen LogP contribution in [0.15, 0.2) is 17.8 Å². The lowest BCUT2D eigenvalue weighted by Crippen LogP contribution is -2.58. The minimum Gasteiger partial charge on any atom is -0.293 e. The van der Waals surface area contributed by atoms with Crippen molar-refractivity contribution >= 4 is 9.84 Å². The number of aromatic nitrogens is 2. The van der Waals surface area contributed by atoms with E-state index in [-0.39, 0.29) is 17.8 Å². The smallest absolute Gasteiger partial charge is 0.153 e. The molecule has 26 heavy (non-hydrogen) atoms. The van der Waals surface area contributed by atoms with E-state index in [1.807, 2.05) is 6.20 Å². The van der Waals surface area contributed by atoms with Gasteiger partial charge in [0, 0.05) is 56.1 Å². The molecule has 0 saturated carbocycles. The third kappa shape index (κ3) is 4.21. The first-order valence-electron chi connectivity index (χ1n) is 9.64. The molecule has 6 nitrogen and oxygen atoms in total. The van der Waals surface area contributed by atoms with E-state index in [0.29, 0.717) is 5.75 Å². The van der Waals surface area contributed by atoms with Crippen LogP contribution in [-0.4, -0.2) is 71.2 Å². The molecule has 0 radical (unpaired) electrons. The molecule has 0 aromatic carbocycles. The highest BCUT2D eigenvalue weighted by molar-refractivity contribution is 7.91. The largest absolute Gasteiger partial charge is 0.293 e. The summed E-state index contributed by atoms with van der Waals surface area (Å²) in [7, 11) is -2.96. The molecular weight excluding hydrogens is 348 g/mol. The van der Waals surface area contributed by atoms with Gasteiger partial charge in [0.25, 0.3) is 0 Å². The molecule has 2 fully saturated rings. The highest BCUT2D eigenvalue weighted by Gasteiger charge is 2.46. The summed E-state index contributed by atoms with van der Waals surface area (Å²) in [6.45, 7) is 12.9. The van der Waals surface area contributed by atoms with Crippen LogP contribution >= 0.6 is 0 Å². The summed E-state index contributed by atoms with van der Waals surface area (Å²) in [4.78, 5) is 4.72. The molecular formula is C19H32N4O2S. The van der Waals surface area contributed by atoms with Gasteiger partial charge in [-0.15, -0.1) is 0 Å². The second-order valence-electron chi connectivity index (χ2n) is 7.94. The topological polar surface area (TPSA) is 58.4 Å². The number of hydrogen-bond acceptors (Lipinski definition) is 5. The van der Waals surface area contributed by atoms with E-state index >= 15 is 0 Å². The van der Waals surface area contributed by atoms with Crippen LogP contribution in [0, 0.1) is 6.92 Å². The summed E-state index contributed by atoms with van der Waals surface area (Å²) in [5, 5.41) is 4.50. The number of allylic oxidation sites excluding steroid dienone is 1. The number of hydrogen-bond donors (Lipinski definition) is 0. The van der Waals surface area contributed by atoms with Crippen LogP contribution in [0.25, 0.3) is 0 Å². The molecule has 0 aliphatic carbocycles. The Morgan fingerprint density at radius 2 is 1.88 bits per heavy atom. The predicted molar refractivity (Wildman–Crippen MR) is 105 cm³/mol. The van der Waals surface area contributed by atoms with E-state index in [4.69, 9.17) is 0 Å². The van der Waals surface area contributed by atoms with E-state index in [2.05, 4.69) is 53.4 Å². The minimum atomic E-state index is -2.96. The van der Waals surface area contributed by atoms with Crippen molar-refractivity contribution in [2.24, 2.45) is 0 Å². The van der Waals surface area contributed by atoms with Crippen molar-refractivity contribution in [3.63, 3.8) is 0 Å². The standard InChI is InChI=1S/C19H32N4O2S/c1-5-7-23-16(4)17(11-20-23)12-22-10-9-21(8-6-15(2)3)18-13-26(24,25)14-19(18)22/h6,11,18-19H,5,7-10,12-14H2,1-4H3. The van der Waals surface area contributed by atoms with Crippen LogP contribution in [0.4, 0.5) is 0 Å². The number of piperazine rings is 1. The van der Waals surface area contributed by atoms with E-state index < -0.39 is 9.84 Å². The molecule has 0 bridgehead atoms. The maximum Gasteiger partial charge on any atom is 0.153 e. The zero-order valence-corrected chi connectivity index (χ0v) is 17.3. The highest BCUT2D eigenvalue weighted by Crippen LogP contribution is 2.28. The maximum absolute atomic E-state index is 12.3. The van der Waals surface area contributed by atoms with Crippen molar-refractivity contribution < 1.29 is 8.42 Å². The summed E-state index contributed by atoms with van der Waals surface area (Å²) in [6.07, 6.45) is 5.23. The molecule has 0 N–H and O–H groups in total. The third-order valence-electron chi connectivity index (χ3n) is 5.65. The Labute approximate surface area is 157 Å². The number of nitrogens with zero attached hydrogens (tertiary/aromatic N) is 4. The van der Waals surface area contributed by atoms with Crippen molar-refractivity contribution in [1.29, 1.82) is 0 Å².